The van der Waals surface area contributed by atoms with Crippen molar-refractivity contribution in [1.29, 1.82) is 0 Å². The summed E-state index contributed by atoms with van der Waals surface area (Å²) in [5.41, 5.74) is 0. The molecule has 0 bridgehead atoms. The molecule has 0 rings (SSSR count). The van der Waals surface area contributed by atoms with Gasteiger partial charge in [0.1, 0.15) is 0 Å². The van der Waals surface area contributed by atoms with Gasteiger partial charge in [-0.05, 0) is 4.20 Å². The molecule has 0 aromatic rings. The van der Waals surface area contributed by atoms with E-state index in [1.165, 1.54) is 0 Å². The molecule has 6 nitrogen and oxygen atoms in total. The summed E-state index contributed by atoms with van der Waals surface area (Å²) in [6, 6.07) is 0. The molecule has 0 aromatic heterocycles. The van der Waals surface area contributed by atoms with E-state index in [1.807, 2.05) is 0 Å². The van der Waals surface area contributed by atoms with Gasteiger partial charge < -0.3 is 21.0 Å². The van der Waals surface area contributed by atoms with Gasteiger partial charge >= 0.3 is 66.2 Å². The second-order valence-electron chi connectivity index (χ2n) is 0.390. The Morgan fingerprint density at radius 3 is 0.889 bits per heavy atom. The van der Waals surface area contributed by atoms with Crippen molar-refractivity contribution < 1.29 is 106 Å². The van der Waals surface area contributed by atoms with Crippen molar-refractivity contribution in [3.05, 3.63) is 0 Å². The molecule has 0 radical (unpaired) electrons. The average Bonchev–Trinajstić information content (AvgIpc) is 1.25. The topological polar surface area (TPSA) is 136 Å². The average molecular weight is 296 g/mol. The zero-order valence-corrected chi connectivity index (χ0v) is 10.5. The van der Waals surface area contributed by atoms with Crippen molar-refractivity contribution in [3.8, 4) is 0 Å². The summed E-state index contributed by atoms with van der Waals surface area (Å²) < 4.78 is 49.9. The molecule has 9 heavy (non-hydrogen) atoms. The van der Waals surface area contributed by atoms with Crippen molar-refractivity contribution in [1.82, 2.24) is 0 Å². The van der Waals surface area contributed by atoms with Gasteiger partial charge in [0, 0.05) is 0 Å². The summed E-state index contributed by atoms with van der Waals surface area (Å²) in [5, 5.41) is 0. The van der Waals surface area contributed by atoms with Crippen LogP contribution in [0.15, 0.2) is 0 Å². The third-order valence-corrected chi connectivity index (χ3v) is 0. The van der Waals surface area contributed by atoms with Gasteiger partial charge in [0.2, 0.25) is 14.8 Å². The van der Waals surface area contributed by atoms with Crippen LogP contribution in [0.4, 0.5) is 0 Å². The Kier molecular flexibility index (Phi) is 25.2. The van der Waals surface area contributed by atoms with E-state index < -0.39 is 29.6 Å². The molecular weight excluding hydrogens is 295 g/mol. The Balaban J connectivity index is -0.0000000720. The maximum Gasteiger partial charge on any atom is 1.00 e. The number of rotatable bonds is 0. The van der Waals surface area contributed by atoms with Crippen LogP contribution in [0.2, 0.25) is 0 Å². The van der Waals surface area contributed by atoms with Crippen LogP contribution in [-0.2, 0) is 0 Å². The first-order chi connectivity index (χ1) is 3.46. The first-order valence-corrected chi connectivity index (χ1v) is 4.89. The van der Waals surface area contributed by atoms with Crippen LogP contribution in [0.25, 0.3) is 0 Å². The van der Waals surface area contributed by atoms with Crippen LogP contribution in [0.3, 0.4) is 0 Å². The smallest absolute Gasteiger partial charge is 0.405 e. The quantitative estimate of drug-likeness (QED) is 0.441. The van der Waals surface area contributed by atoms with Gasteiger partial charge in [-0.1, -0.05) is 0 Å². The second-order valence-corrected chi connectivity index (χ2v) is 2.03. The zero-order chi connectivity index (χ0) is 7.15. The van der Waals surface area contributed by atoms with Gasteiger partial charge in [-0.25, -0.2) is 0 Å². The minimum Gasteiger partial charge on any atom is -0.405 e. The van der Waals surface area contributed by atoms with E-state index in [0.29, 0.717) is 0 Å². The number of halogens is 2. The van der Waals surface area contributed by atoms with Crippen molar-refractivity contribution in [2.75, 3.05) is 0 Å². The predicted molar refractivity (Wildman–Crippen MR) is 2.22 cm³/mol. The fourth-order valence-electron chi connectivity index (χ4n) is 0. The molecule has 52 valence electrons. The largest absolute Gasteiger partial charge is 1.00 e. The molecule has 0 saturated carbocycles. The summed E-state index contributed by atoms with van der Waals surface area (Å²) in [5.74, 6) is 0. The maximum absolute atomic E-state index is 8.63. The number of hydrogen-bond donors (Lipinski definition) is 1. The summed E-state index contributed by atoms with van der Waals surface area (Å²) >= 11 is -7.04. The normalized spacial score (nSPS) is 8.00. The van der Waals surface area contributed by atoms with Crippen molar-refractivity contribution in [2.24, 2.45) is 0 Å². The molecule has 0 heterocycles. The summed E-state index contributed by atoms with van der Waals surface area (Å²) in [4.78, 5) is 0. The van der Waals surface area contributed by atoms with Crippen LogP contribution >= 0.6 is 0 Å². The predicted octanol–water partition coefficient (Wildman–Crippen LogP) is -9.50. The van der Waals surface area contributed by atoms with Crippen LogP contribution < -0.4 is 72.4 Å². The molecule has 1 N–H and O–H groups in total. The third-order valence-electron chi connectivity index (χ3n) is 0. The summed E-state index contributed by atoms with van der Waals surface area (Å²) in [6.07, 6.45) is 0. The van der Waals surface area contributed by atoms with E-state index in [0.717, 1.165) is 0 Å². The molecule has 0 unspecified atom stereocenters. The van der Waals surface area contributed by atoms with E-state index in [1.54, 1.807) is 0 Å². The minimum absolute atomic E-state index is 0. The standard InChI is InChI=1S/BrHO3.BrO3.K/c2*2-1(3)4;/h2H;;/q;-1;+1. The molecule has 0 aliphatic carbocycles. The molecule has 0 aromatic carbocycles. The molecule has 0 aliphatic rings. The summed E-state index contributed by atoms with van der Waals surface area (Å²) in [7, 11) is 0. The third kappa shape index (κ3) is 130. The fourth-order valence-corrected chi connectivity index (χ4v) is 0. The van der Waals surface area contributed by atoms with E-state index in [2.05, 4.69) is 0 Å². The first-order valence-electron chi connectivity index (χ1n) is 0.941. The van der Waals surface area contributed by atoms with Crippen LogP contribution in [0.1, 0.15) is 0 Å². The van der Waals surface area contributed by atoms with Gasteiger partial charge in [-0.15, -0.1) is 0 Å². The molecule has 0 amide bonds. The van der Waals surface area contributed by atoms with Crippen LogP contribution in [0, 0.1) is 29.6 Å². The molecular formula is HBr2KO6. The number of hydrogen-bond acceptors (Lipinski definition) is 6. The summed E-state index contributed by atoms with van der Waals surface area (Å²) in [6.45, 7) is 0. The molecule has 0 fully saturated rings. The van der Waals surface area contributed by atoms with E-state index >= 15 is 0 Å². The Morgan fingerprint density at radius 1 is 0.889 bits per heavy atom. The second kappa shape index (κ2) is 13.0. The molecule has 0 saturated heterocycles. The van der Waals surface area contributed by atoms with Gasteiger partial charge in [0.25, 0.3) is 0 Å². The minimum atomic E-state index is -3.65. The molecule has 0 atom stereocenters. The van der Waals surface area contributed by atoms with Gasteiger partial charge in [0.15, 0.2) is 0 Å². The van der Waals surface area contributed by atoms with Crippen molar-refractivity contribution in [3.63, 3.8) is 0 Å². The molecule has 0 spiro atoms. The zero-order valence-electron chi connectivity index (χ0n) is 4.24. The van der Waals surface area contributed by atoms with E-state index in [9.17, 15) is 0 Å². The Hall–Kier alpha value is 2.36. The maximum atomic E-state index is 8.63. The van der Waals surface area contributed by atoms with Gasteiger partial charge in [-0.3, -0.25) is 0 Å². The van der Waals surface area contributed by atoms with Crippen LogP contribution in [-0.4, -0.2) is 4.20 Å². The molecule has 9 heteroatoms. The van der Waals surface area contributed by atoms with E-state index in [4.69, 9.17) is 25.2 Å². The Morgan fingerprint density at radius 2 is 0.889 bits per heavy atom. The molecule has 0 aliphatic heterocycles. The van der Waals surface area contributed by atoms with Gasteiger partial charge in [-0.2, -0.15) is 0 Å². The van der Waals surface area contributed by atoms with Crippen molar-refractivity contribution >= 4 is 0 Å². The fraction of sp³-hybridized carbons (Fsp3) is 0. The Bertz CT molecular complexity index is 26.5. The SMILES string of the molecule is [K+].[O-][Br+2]([O-])O.[O-][Br+2]([O-])[O-]. The van der Waals surface area contributed by atoms with Crippen LogP contribution in [0.5, 0.6) is 0 Å². The monoisotopic (exact) mass is 294 g/mol. The van der Waals surface area contributed by atoms with Crippen molar-refractivity contribution in [2.45, 2.75) is 0 Å². The Labute approximate surface area is 104 Å². The van der Waals surface area contributed by atoms with Gasteiger partial charge in [0.05, 0.1) is 0 Å². The first kappa shape index (κ1) is 17.4. The van der Waals surface area contributed by atoms with E-state index in [-0.39, 0.29) is 51.4 Å².